The Kier molecular flexibility index (Phi) is 4.41. The maximum absolute atomic E-state index is 5.87. The first-order chi connectivity index (χ1) is 8.81. The number of nitrogens with zero attached hydrogens (tertiary/aromatic N) is 2. The standard InChI is InChI=1S/C13H15N3OS/c1-2-8-17-11-4-3-6-16-13(11)18-12-5-7-15-9-10(12)14/h3-7,9H,2,8,14H2,1H3. The van der Waals surface area contributed by atoms with Gasteiger partial charge in [0.25, 0.3) is 0 Å². The Morgan fingerprint density at radius 1 is 1.33 bits per heavy atom. The average Bonchev–Trinajstić information content (AvgIpc) is 2.40. The SMILES string of the molecule is CCCOc1cccnc1Sc1ccncc1N. The van der Waals surface area contributed by atoms with Gasteiger partial charge in [0.15, 0.2) is 5.75 Å². The van der Waals surface area contributed by atoms with Crippen LogP contribution in [-0.4, -0.2) is 16.6 Å². The highest BCUT2D eigenvalue weighted by molar-refractivity contribution is 7.99. The van der Waals surface area contributed by atoms with Gasteiger partial charge in [-0.25, -0.2) is 4.98 Å². The molecule has 5 heteroatoms. The first-order valence-corrected chi connectivity index (χ1v) is 6.58. The van der Waals surface area contributed by atoms with Crippen molar-refractivity contribution in [3.63, 3.8) is 0 Å². The third-order valence-electron chi connectivity index (χ3n) is 2.21. The highest BCUT2D eigenvalue weighted by Crippen LogP contribution is 2.35. The summed E-state index contributed by atoms with van der Waals surface area (Å²) in [6.07, 6.45) is 6.07. The molecule has 2 rings (SSSR count). The molecule has 0 radical (unpaired) electrons. The molecule has 0 aromatic carbocycles. The molecular formula is C13H15N3OS. The van der Waals surface area contributed by atoms with E-state index in [9.17, 15) is 0 Å². The van der Waals surface area contributed by atoms with E-state index >= 15 is 0 Å². The molecule has 0 atom stereocenters. The average molecular weight is 261 g/mol. The monoisotopic (exact) mass is 261 g/mol. The second kappa shape index (κ2) is 6.26. The molecule has 18 heavy (non-hydrogen) atoms. The molecule has 4 nitrogen and oxygen atoms in total. The minimum absolute atomic E-state index is 0.648. The van der Waals surface area contributed by atoms with Gasteiger partial charge in [0.1, 0.15) is 5.03 Å². The zero-order valence-electron chi connectivity index (χ0n) is 10.2. The van der Waals surface area contributed by atoms with Gasteiger partial charge in [-0.05, 0) is 24.6 Å². The largest absolute Gasteiger partial charge is 0.491 e. The van der Waals surface area contributed by atoms with E-state index in [-0.39, 0.29) is 0 Å². The molecule has 0 bridgehead atoms. The van der Waals surface area contributed by atoms with Crippen LogP contribution < -0.4 is 10.5 Å². The number of nitrogens with two attached hydrogens (primary N) is 1. The molecule has 0 aliphatic carbocycles. The molecule has 2 aromatic rings. The zero-order chi connectivity index (χ0) is 12.8. The molecule has 2 heterocycles. The minimum atomic E-state index is 0.648. The Morgan fingerprint density at radius 3 is 3.00 bits per heavy atom. The summed E-state index contributed by atoms with van der Waals surface area (Å²) >= 11 is 1.49. The fraction of sp³-hybridized carbons (Fsp3) is 0.231. The first-order valence-electron chi connectivity index (χ1n) is 5.76. The van der Waals surface area contributed by atoms with Crippen molar-refractivity contribution < 1.29 is 4.74 Å². The lowest BCUT2D eigenvalue weighted by atomic mass is 10.4. The Balaban J connectivity index is 2.21. The van der Waals surface area contributed by atoms with E-state index < -0.39 is 0 Å². The van der Waals surface area contributed by atoms with Crippen molar-refractivity contribution in [2.45, 2.75) is 23.3 Å². The van der Waals surface area contributed by atoms with E-state index in [1.165, 1.54) is 11.8 Å². The number of nitrogen functional groups attached to an aromatic ring is 1. The van der Waals surface area contributed by atoms with Crippen LogP contribution in [0.5, 0.6) is 5.75 Å². The van der Waals surface area contributed by atoms with E-state index in [2.05, 4.69) is 16.9 Å². The number of pyridine rings is 2. The summed E-state index contributed by atoms with van der Waals surface area (Å²) in [5, 5.41) is 0.823. The van der Waals surface area contributed by atoms with Gasteiger partial charge < -0.3 is 10.5 Å². The second-order valence-corrected chi connectivity index (χ2v) is 4.70. The van der Waals surface area contributed by atoms with Gasteiger partial charge in [0.05, 0.1) is 18.5 Å². The number of rotatable bonds is 5. The van der Waals surface area contributed by atoms with Crippen LogP contribution in [0.1, 0.15) is 13.3 Å². The van der Waals surface area contributed by atoms with Crippen molar-refractivity contribution in [1.82, 2.24) is 9.97 Å². The van der Waals surface area contributed by atoms with Gasteiger partial charge in [0.2, 0.25) is 0 Å². The molecule has 0 aliphatic rings. The van der Waals surface area contributed by atoms with Crippen LogP contribution in [0.15, 0.2) is 46.7 Å². The van der Waals surface area contributed by atoms with Crippen molar-refractivity contribution in [3.05, 3.63) is 36.8 Å². The van der Waals surface area contributed by atoms with Crippen molar-refractivity contribution in [1.29, 1.82) is 0 Å². The van der Waals surface area contributed by atoms with E-state index in [1.807, 2.05) is 18.2 Å². The van der Waals surface area contributed by atoms with Crippen LogP contribution in [0.4, 0.5) is 5.69 Å². The fourth-order valence-corrected chi connectivity index (χ4v) is 2.21. The van der Waals surface area contributed by atoms with Gasteiger partial charge in [-0.3, -0.25) is 4.98 Å². The Bertz CT molecular complexity index is 519. The fourth-order valence-electron chi connectivity index (χ4n) is 1.37. The summed E-state index contributed by atoms with van der Waals surface area (Å²) < 4.78 is 5.66. The first kappa shape index (κ1) is 12.7. The normalized spacial score (nSPS) is 10.3. The second-order valence-electron chi connectivity index (χ2n) is 3.67. The summed E-state index contributed by atoms with van der Waals surface area (Å²) in [5.41, 5.74) is 6.51. The Labute approximate surface area is 111 Å². The van der Waals surface area contributed by atoms with Gasteiger partial charge in [-0.15, -0.1) is 0 Å². The zero-order valence-corrected chi connectivity index (χ0v) is 11.0. The van der Waals surface area contributed by atoms with Crippen LogP contribution in [0.25, 0.3) is 0 Å². The van der Waals surface area contributed by atoms with Crippen LogP contribution in [-0.2, 0) is 0 Å². The molecule has 0 fully saturated rings. The molecule has 2 aromatic heterocycles. The van der Waals surface area contributed by atoms with E-state index in [1.54, 1.807) is 18.6 Å². The number of ether oxygens (including phenoxy) is 1. The summed E-state index contributed by atoms with van der Waals surface area (Å²) in [7, 11) is 0. The highest BCUT2D eigenvalue weighted by atomic mass is 32.2. The van der Waals surface area contributed by atoms with Crippen LogP contribution >= 0.6 is 11.8 Å². The Morgan fingerprint density at radius 2 is 2.22 bits per heavy atom. The lowest BCUT2D eigenvalue weighted by Gasteiger charge is -2.09. The van der Waals surface area contributed by atoms with Crippen molar-refractivity contribution in [3.8, 4) is 5.75 Å². The summed E-state index contributed by atoms with van der Waals surface area (Å²) in [5.74, 6) is 0.792. The highest BCUT2D eigenvalue weighted by Gasteiger charge is 2.08. The summed E-state index contributed by atoms with van der Waals surface area (Å²) in [6.45, 7) is 2.76. The molecular weight excluding hydrogens is 246 g/mol. The predicted molar refractivity (Wildman–Crippen MR) is 72.8 cm³/mol. The summed E-state index contributed by atoms with van der Waals surface area (Å²) in [4.78, 5) is 9.23. The molecule has 0 unspecified atom stereocenters. The number of anilines is 1. The van der Waals surface area contributed by atoms with Crippen molar-refractivity contribution >= 4 is 17.4 Å². The van der Waals surface area contributed by atoms with E-state index in [4.69, 9.17) is 10.5 Å². The molecule has 0 saturated carbocycles. The maximum atomic E-state index is 5.87. The smallest absolute Gasteiger partial charge is 0.151 e. The molecule has 2 N–H and O–H groups in total. The van der Waals surface area contributed by atoms with Crippen LogP contribution in [0, 0.1) is 0 Å². The number of aromatic nitrogens is 2. The number of hydrogen-bond acceptors (Lipinski definition) is 5. The van der Waals surface area contributed by atoms with Crippen molar-refractivity contribution in [2.24, 2.45) is 0 Å². The quantitative estimate of drug-likeness (QED) is 0.896. The van der Waals surface area contributed by atoms with Crippen molar-refractivity contribution in [2.75, 3.05) is 12.3 Å². The van der Waals surface area contributed by atoms with Gasteiger partial charge >= 0.3 is 0 Å². The molecule has 94 valence electrons. The third-order valence-corrected chi connectivity index (χ3v) is 3.31. The lowest BCUT2D eigenvalue weighted by molar-refractivity contribution is 0.307. The topological polar surface area (TPSA) is 61.0 Å². The van der Waals surface area contributed by atoms with Gasteiger partial charge in [-0.2, -0.15) is 0 Å². The maximum Gasteiger partial charge on any atom is 0.151 e. The lowest BCUT2D eigenvalue weighted by Crippen LogP contribution is -1.98. The Hall–Kier alpha value is -1.75. The molecule has 0 amide bonds. The van der Waals surface area contributed by atoms with Gasteiger partial charge in [-0.1, -0.05) is 18.7 Å². The third kappa shape index (κ3) is 3.13. The van der Waals surface area contributed by atoms with Crippen LogP contribution in [0.3, 0.4) is 0 Å². The molecule has 0 aliphatic heterocycles. The van der Waals surface area contributed by atoms with Crippen LogP contribution in [0.2, 0.25) is 0 Å². The predicted octanol–water partition coefficient (Wildman–Crippen LogP) is 3.00. The van der Waals surface area contributed by atoms with E-state index in [0.29, 0.717) is 12.3 Å². The van der Waals surface area contributed by atoms with Gasteiger partial charge in [0, 0.05) is 17.3 Å². The minimum Gasteiger partial charge on any atom is -0.491 e. The number of hydrogen-bond donors (Lipinski definition) is 1. The summed E-state index contributed by atoms with van der Waals surface area (Å²) in [6, 6.07) is 5.66. The molecule has 0 saturated heterocycles. The molecule has 0 spiro atoms. The van der Waals surface area contributed by atoms with E-state index in [0.717, 1.165) is 22.1 Å².